The normalized spacial score (nSPS) is 24.6. The zero-order valence-electron chi connectivity index (χ0n) is 11.0. The summed E-state index contributed by atoms with van der Waals surface area (Å²) in [6.07, 6.45) is 13.1. The minimum Gasteiger partial charge on any atom is -0.241 e. The highest BCUT2D eigenvalue weighted by Gasteiger charge is 2.22. The lowest BCUT2D eigenvalue weighted by atomic mass is 9.81. The molecule has 98 valence electrons. The lowest BCUT2D eigenvalue weighted by Gasteiger charge is -2.25. The summed E-state index contributed by atoms with van der Waals surface area (Å²) in [6.45, 7) is 2.18. The molecule has 0 spiro atoms. The van der Waals surface area contributed by atoms with Crippen molar-refractivity contribution in [3.05, 3.63) is 35.4 Å². The highest BCUT2D eigenvalue weighted by Crippen LogP contribution is 2.34. The molecule has 2 rings (SSSR count). The Morgan fingerprint density at radius 1 is 1.22 bits per heavy atom. The van der Waals surface area contributed by atoms with Gasteiger partial charge in [-0.15, -0.1) is 0 Å². The van der Waals surface area contributed by atoms with Gasteiger partial charge >= 0.3 is 0 Å². The molecule has 0 radical (unpaired) electrons. The maximum atomic E-state index is 5.63. The van der Waals surface area contributed by atoms with E-state index < -0.39 is 0 Å². The second-order valence-electron chi connectivity index (χ2n) is 5.13. The van der Waals surface area contributed by atoms with E-state index in [-0.39, 0.29) is 0 Å². The van der Waals surface area contributed by atoms with E-state index in [2.05, 4.69) is 23.0 Å². The summed E-state index contributed by atoms with van der Waals surface area (Å²) in [7, 11) is 0. The van der Waals surface area contributed by atoms with E-state index in [9.17, 15) is 0 Å². The largest absolute Gasteiger partial charge is 0.241 e. The molecule has 0 unspecified atom stereocenters. The molecule has 1 heterocycles. The Kier molecular flexibility index (Phi) is 5.18. The Bertz CT molecular complexity index is 378. The molecule has 18 heavy (non-hydrogen) atoms. The van der Waals surface area contributed by atoms with E-state index >= 15 is 0 Å². The van der Waals surface area contributed by atoms with Crippen LogP contribution in [-0.4, -0.2) is 9.97 Å². The van der Waals surface area contributed by atoms with Crippen LogP contribution in [0.4, 0.5) is 0 Å². The van der Waals surface area contributed by atoms with Crippen molar-refractivity contribution in [2.24, 2.45) is 5.92 Å². The van der Waals surface area contributed by atoms with Gasteiger partial charge in [-0.05, 0) is 43.6 Å². The Balaban J connectivity index is 1.92. The number of allylic oxidation sites excluding steroid dienone is 1. The van der Waals surface area contributed by atoms with Gasteiger partial charge in [0, 0.05) is 23.8 Å². The van der Waals surface area contributed by atoms with E-state index in [0.29, 0.717) is 11.8 Å². The summed E-state index contributed by atoms with van der Waals surface area (Å²) in [5, 5.41) is 0. The lowest BCUT2D eigenvalue weighted by molar-refractivity contribution is 0.366. The molecule has 1 aliphatic rings. The summed E-state index contributed by atoms with van der Waals surface area (Å²) in [4.78, 5) is 9.07. The molecule has 2 nitrogen and oxygen atoms in total. The van der Waals surface area contributed by atoms with Crippen LogP contribution >= 0.6 is 11.6 Å². The van der Waals surface area contributed by atoms with Crippen LogP contribution in [0.15, 0.2) is 24.0 Å². The van der Waals surface area contributed by atoms with Crippen molar-refractivity contribution in [3.8, 4) is 0 Å². The first-order valence-corrected chi connectivity index (χ1v) is 7.34. The molecule has 0 aliphatic heterocycles. The van der Waals surface area contributed by atoms with Crippen LogP contribution in [0, 0.1) is 5.92 Å². The van der Waals surface area contributed by atoms with Gasteiger partial charge in [0.2, 0.25) is 0 Å². The molecule has 3 heteroatoms. The molecular formula is C15H21ClN2. The Labute approximate surface area is 114 Å². The summed E-state index contributed by atoms with van der Waals surface area (Å²) in [6, 6.07) is 0. The van der Waals surface area contributed by atoms with Crippen LogP contribution in [0.25, 0.3) is 0 Å². The van der Waals surface area contributed by atoms with E-state index in [1.165, 1.54) is 31.2 Å². The highest BCUT2D eigenvalue weighted by atomic mass is 35.5. The minimum absolute atomic E-state index is 0.542. The molecule has 0 bridgehead atoms. The van der Waals surface area contributed by atoms with Crippen LogP contribution in [0.3, 0.4) is 0 Å². The van der Waals surface area contributed by atoms with E-state index in [0.717, 1.165) is 18.7 Å². The summed E-state index contributed by atoms with van der Waals surface area (Å²) in [5.41, 5.74) is 2.90. The fraction of sp³-hybridized carbons (Fsp3) is 0.600. The van der Waals surface area contributed by atoms with Crippen molar-refractivity contribution in [3.63, 3.8) is 0 Å². The second-order valence-corrected chi connectivity index (χ2v) is 5.38. The zero-order chi connectivity index (χ0) is 12.8. The van der Waals surface area contributed by atoms with Crippen molar-refractivity contribution in [1.29, 1.82) is 0 Å². The molecule has 0 amide bonds. The molecule has 0 N–H and O–H groups in total. The summed E-state index contributed by atoms with van der Waals surface area (Å²) < 4.78 is 0. The summed E-state index contributed by atoms with van der Waals surface area (Å²) in [5.74, 6) is 2.22. The van der Waals surface area contributed by atoms with Crippen molar-refractivity contribution < 1.29 is 0 Å². The fourth-order valence-electron chi connectivity index (χ4n) is 2.67. The maximum absolute atomic E-state index is 5.63. The third-order valence-electron chi connectivity index (χ3n) is 3.75. The number of hydrogen-bond donors (Lipinski definition) is 0. The monoisotopic (exact) mass is 264 g/mol. The first kappa shape index (κ1) is 13.5. The van der Waals surface area contributed by atoms with Gasteiger partial charge in [0.15, 0.2) is 0 Å². The number of aryl methyl sites for hydroxylation is 1. The highest BCUT2D eigenvalue weighted by molar-refractivity contribution is 6.25. The topological polar surface area (TPSA) is 25.8 Å². The molecule has 1 aromatic heterocycles. The van der Waals surface area contributed by atoms with E-state index in [4.69, 9.17) is 11.6 Å². The quantitative estimate of drug-likeness (QED) is 0.803. The number of nitrogens with zero attached hydrogens (tertiary/aromatic N) is 2. The average Bonchev–Trinajstić information content (AvgIpc) is 2.41. The third-order valence-corrected chi connectivity index (χ3v) is 3.89. The fourth-order valence-corrected chi connectivity index (χ4v) is 2.87. The summed E-state index contributed by atoms with van der Waals surface area (Å²) >= 11 is 5.63. The van der Waals surface area contributed by atoms with Gasteiger partial charge < -0.3 is 0 Å². The van der Waals surface area contributed by atoms with Gasteiger partial charge in [0.25, 0.3) is 0 Å². The predicted octanol–water partition coefficient (Wildman–Crippen LogP) is 4.46. The van der Waals surface area contributed by atoms with Gasteiger partial charge in [-0.2, -0.15) is 0 Å². The molecule has 1 aliphatic carbocycles. The van der Waals surface area contributed by atoms with Crippen LogP contribution in [0.2, 0.25) is 0 Å². The number of aromatic nitrogens is 2. The lowest BCUT2D eigenvalue weighted by Crippen LogP contribution is -2.14. The van der Waals surface area contributed by atoms with Gasteiger partial charge in [-0.3, -0.25) is 0 Å². The maximum Gasteiger partial charge on any atom is 0.131 e. The van der Waals surface area contributed by atoms with Gasteiger partial charge in [-0.1, -0.05) is 31.0 Å². The molecule has 0 saturated heterocycles. The van der Waals surface area contributed by atoms with Crippen LogP contribution < -0.4 is 0 Å². The van der Waals surface area contributed by atoms with Crippen molar-refractivity contribution >= 4 is 11.6 Å². The van der Waals surface area contributed by atoms with Crippen LogP contribution in [0.5, 0.6) is 0 Å². The molecule has 1 saturated carbocycles. The minimum atomic E-state index is 0.542. The second kappa shape index (κ2) is 6.89. The van der Waals surface area contributed by atoms with Gasteiger partial charge in [0.1, 0.15) is 5.82 Å². The SMILES string of the molecule is CCCc1cnc([C@H]2CC[C@H](/C=C/Cl)CC2)nc1. The first-order chi connectivity index (χ1) is 8.83. The number of rotatable bonds is 4. The van der Waals surface area contributed by atoms with Gasteiger partial charge in [0.05, 0.1) is 0 Å². The van der Waals surface area contributed by atoms with Crippen LogP contribution in [0.1, 0.15) is 56.3 Å². The Morgan fingerprint density at radius 3 is 2.44 bits per heavy atom. The molecular weight excluding hydrogens is 244 g/mol. The molecule has 0 aromatic carbocycles. The average molecular weight is 265 g/mol. The van der Waals surface area contributed by atoms with Crippen molar-refractivity contribution in [1.82, 2.24) is 9.97 Å². The third kappa shape index (κ3) is 3.55. The number of halogens is 1. The van der Waals surface area contributed by atoms with Gasteiger partial charge in [-0.25, -0.2) is 9.97 Å². The first-order valence-electron chi connectivity index (χ1n) is 6.91. The number of hydrogen-bond acceptors (Lipinski definition) is 2. The van der Waals surface area contributed by atoms with E-state index in [1.807, 2.05) is 12.4 Å². The molecule has 1 fully saturated rings. The molecule has 1 aromatic rings. The zero-order valence-corrected chi connectivity index (χ0v) is 11.7. The molecule has 0 atom stereocenters. The van der Waals surface area contributed by atoms with Crippen molar-refractivity contribution in [2.45, 2.75) is 51.4 Å². The standard InChI is InChI=1S/C15H21ClN2/c1-2-3-13-10-17-15(18-11-13)14-6-4-12(5-7-14)8-9-16/h8-12,14H,2-7H2,1H3/b9-8+/t12-,14-. The Hall–Kier alpha value is -0.890. The van der Waals surface area contributed by atoms with Crippen molar-refractivity contribution in [2.75, 3.05) is 0 Å². The predicted molar refractivity (Wildman–Crippen MR) is 75.7 cm³/mol. The van der Waals surface area contributed by atoms with E-state index in [1.54, 1.807) is 5.54 Å². The smallest absolute Gasteiger partial charge is 0.131 e. The Morgan fingerprint density at radius 2 is 1.89 bits per heavy atom. The van der Waals surface area contributed by atoms with Crippen LogP contribution in [-0.2, 0) is 6.42 Å².